The molecule has 1 aromatic carbocycles. The summed E-state index contributed by atoms with van der Waals surface area (Å²) in [6, 6.07) is 4.19. The Labute approximate surface area is 109 Å². The normalized spacial score (nSPS) is 13.5. The van der Waals surface area contributed by atoms with E-state index in [1.54, 1.807) is 0 Å². The average Bonchev–Trinajstić information content (AvgIpc) is 2.35. The minimum atomic E-state index is 0.572. The molecule has 1 heterocycles. The Morgan fingerprint density at radius 3 is 2.65 bits per heavy atom. The number of fused-ring (bicyclic) bond motifs is 1. The van der Waals surface area contributed by atoms with Crippen LogP contribution in [0, 0.1) is 0 Å². The predicted molar refractivity (Wildman–Crippen MR) is 80.0 cm³/mol. The molecule has 0 radical (unpaired) electrons. The third kappa shape index (κ3) is 3.56. The molecule has 3 N–H and O–H groups in total. The van der Waals surface area contributed by atoms with E-state index in [0.29, 0.717) is 5.25 Å². The molecule has 0 aliphatic carbocycles. The maximum absolute atomic E-state index is 6.03. The van der Waals surface area contributed by atoms with Crippen molar-refractivity contribution in [2.75, 3.05) is 17.6 Å². The lowest BCUT2D eigenvalue weighted by atomic mass is 10.0. The molecule has 0 aromatic heterocycles. The number of nitrogens with one attached hydrogen (secondary N) is 1. The van der Waals surface area contributed by atoms with Crippen LogP contribution in [0.3, 0.4) is 0 Å². The monoisotopic (exact) mass is 252 g/mol. The summed E-state index contributed by atoms with van der Waals surface area (Å²) < 4.78 is 0. The molecule has 1 aromatic rings. The summed E-state index contributed by atoms with van der Waals surface area (Å²) in [4.78, 5) is 1.24. The Hall–Kier alpha value is -0.830. The van der Waals surface area contributed by atoms with E-state index in [0.717, 1.165) is 12.2 Å². The van der Waals surface area contributed by atoms with Crippen molar-refractivity contribution in [2.24, 2.45) is 0 Å². The van der Waals surface area contributed by atoms with Crippen molar-refractivity contribution in [3.63, 3.8) is 0 Å². The van der Waals surface area contributed by atoms with E-state index in [9.17, 15) is 0 Å². The molecule has 2 rings (SSSR count). The largest absolute Gasteiger partial charge is 0.398 e. The summed E-state index contributed by atoms with van der Waals surface area (Å²) >= 11 is 1.85. The Balaban J connectivity index is 0.000000686. The van der Waals surface area contributed by atoms with Crippen LogP contribution in [0.2, 0.25) is 0 Å². The molecule has 0 saturated carbocycles. The molecule has 2 nitrogen and oxygen atoms in total. The highest BCUT2D eigenvalue weighted by Gasteiger charge is 2.16. The Morgan fingerprint density at radius 2 is 2.00 bits per heavy atom. The van der Waals surface area contributed by atoms with Crippen molar-refractivity contribution in [1.82, 2.24) is 0 Å². The third-order valence-electron chi connectivity index (χ3n) is 2.55. The van der Waals surface area contributed by atoms with Gasteiger partial charge in [-0.05, 0) is 24.5 Å². The lowest BCUT2D eigenvalue weighted by Crippen LogP contribution is -2.13. The van der Waals surface area contributed by atoms with Crippen molar-refractivity contribution < 1.29 is 0 Å². The smallest absolute Gasteiger partial charge is 0.0540 e. The van der Waals surface area contributed by atoms with Gasteiger partial charge in [-0.25, -0.2) is 0 Å². The topological polar surface area (TPSA) is 38.0 Å². The van der Waals surface area contributed by atoms with Crippen LogP contribution in [0.5, 0.6) is 0 Å². The standard InChI is InChI=1S/C12H18N2S.C2H6/c1-8(2)15-12-10(13)6-5-9-4-3-7-14-11(9)12;1-2/h5-6,8,14H,3-4,7,13H2,1-2H3;1-2H3. The first-order valence-corrected chi connectivity index (χ1v) is 7.38. The van der Waals surface area contributed by atoms with Gasteiger partial charge in [0.1, 0.15) is 0 Å². The van der Waals surface area contributed by atoms with Gasteiger partial charge >= 0.3 is 0 Å². The van der Waals surface area contributed by atoms with Gasteiger partial charge in [-0.2, -0.15) is 0 Å². The molecule has 3 heteroatoms. The van der Waals surface area contributed by atoms with Gasteiger partial charge in [-0.3, -0.25) is 0 Å². The fourth-order valence-corrected chi connectivity index (χ4v) is 2.89. The first kappa shape index (κ1) is 14.2. The van der Waals surface area contributed by atoms with E-state index in [1.807, 2.05) is 31.7 Å². The van der Waals surface area contributed by atoms with Crippen LogP contribution in [0.1, 0.15) is 39.7 Å². The van der Waals surface area contributed by atoms with Gasteiger partial charge in [0.15, 0.2) is 0 Å². The summed E-state index contributed by atoms with van der Waals surface area (Å²) in [6.45, 7) is 9.47. The van der Waals surface area contributed by atoms with Crippen LogP contribution in [0.25, 0.3) is 0 Å². The van der Waals surface area contributed by atoms with Gasteiger partial charge in [0.25, 0.3) is 0 Å². The molecule has 17 heavy (non-hydrogen) atoms. The molecule has 0 saturated heterocycles. The van der Waals surface area contributed by atoms with Gasteiger partial charge < -0.3 is 11.1 Å². The first-order valence-electron chi connectivity index (χ1n) is 6.50. The van der Waals surface area contributed by atoms with Crippen molar-refractivity contribution in [3.05, 3.63) is 17.7 Å². The lowest BCUT2D eigenvalue weighted by molar-refractivity contribution is 0.824. The van der Waals surface area contributed by atoms with E-state index < -0.39 is 0 Å². The molecule has 1 aliphatic rings. The highest BCUT2D eigenvalue weighted by Crippen LogP contribution is 2.39. The number of nitrogens with two attached hydrogens (primary N) is 1. The van der Waals surface area contributed by atoms with Crippen LogP contribution >= 0.6 is 11.8 Å². The summed E-state index contributed by atoms with van der Waals surface area (Å²) in [5.41, 5.74) is 9.63. The van der Waals surface area contributed by atoms with Crippen LogP contribution in [-0.2, 0) is 6.42 Å². The van der Waals surface area contributed by atoms with Crippen molar-refractivity contribution >= 4 is 23.1 Å². The zero-order valence-corrected chi connectivity index (χ0v) is 12.2. The molecule has 1 aliphatic heterocycles. The van der Waals surface area contributed by atoms with Crippen LogP contribution in [0.15, 0.2) is 17.0 Å². The predicted octanol–water partition coefficient (Wildman–Crippen LogP) is 4.15. The van der Waals surface area contributed by atoms with E-state index >= 15 is 0 Å². The number of rotatable bonds is 2. The minimum Gasteiger partial charge on any atom is -0.398 e. The highest BCUT2D eigenvalue weighted by molar-refractivity contribution is 8.00. The maximum atomic E-state index is 6.03. The first-order chi connectivity index (χ1) is 8.18. The highest BCUT2D eigenvalue weighted by atomic mass is 32.2. The summed E-state index contributed by atoms with van der Waals surface area (Å²) in [6.07, 6.45) is 2.40. The number of aryl methyl sites for hydroxylation is 1. The minimum absolute atomic E-state index is 0.572. The molecular formula is C14H24N2S. The SMILES string of the molecule is CC.CC(C)Sc1c(N)ccc2c1NCCC2. The number of hydrogen-bond acceptors (Lipinski definition) is 3. The number of thioether (sulfide) groups is 1. The van der Waals surface area contributed by atoms with Gasteiger partial charge in [-0.15, -0.1) is 11.8 Å². The molecule has 0 unspecified atom stereocenters. The summed E-state index contributed by atoms with van der Waals surface area (Å²) in [5.74, 6) is 0. The molecule has 0 bridgehead atoms. The van der Waals surface area contributed by atoms with Crippen molar-refractivity contribution in [2.45, 2.75) is 50.7 Å². The Morgan fingerprint density at radius 1 is 1.29 bits per heavy atom. The second-order valence-electron chi connectivity index (χ2n) is 4.21. The van der Waals surface area contributed by atoms with E-state index in [1.165, 1.54) is 29.0 Å². The summed E-state index contributed by atoms with van der Waals surface area (Å²) in [5, 5.41) is 4.05. The quantitative estimate of drug-likeness (QED) is 0.613. The molecule has 0 atom stereocenters. The lowest BCUT2D eigenvalue weighted by Gasteiger charge is -2.23. The maximum Gasteiger partial charge on any atom is 0.0540 e. The van der Waals surface area contributed by atoms with Crippen LogP contribution in [0.4, 0.5) is 11.4 Å². The zero-order valence-electron chi connectivity index (χ0n) is 11.3. The number of nitrogen functional groups attached to an aromatic ring is 1. The number of anilines is 2. The third-order valence-corrected chi connectivity index (χ3v) is 3.70. The average molecular weight is 252 g/mol. The molecule has 0 fully saturated rings. The van der Waals surface area contributed by atoms with E-state index in [2.05, 4.69) is 25.2 Å². The fourth-order valence-electron chi connectivity index (χ4n) is 1.90. The van der Waals surface area contributed by atoms with Gasteiger partial charge in [0, 0.05) is 17.5 Å². The second kappa shape index (κ2) is 6.80. The Kier molecular flexibility index (Phi) is 5.69. The van der Waals surface area contributed by atoms with E-state index in [-0.39, 0.29) is 0 Å². The van der Waals surface area contributed by atoms with Crippen molar-refractivity contribution in [3.8, 4) is 0 Å². The van der Waals surface area contributed by atoms with Gasteiger partial charge in [-0.1, -0.05) is 33.8 Å². The number of hydrogen-bond donors (Lipinski definition) is 2. The van der Waals surface area contributed by atoms with Gasteiger partial charge in [0.05, 0.1) is 10.6 Å². The fraction of sp³-hybridized carbons (Fsp3) is 0.571. The molecule has 0 amide bonds. The van der Waals surface area contributed by atoms with Crippen LogP contribution in [-0.4, -0.2) is 11.8 Å². The van der Waals surface area contributed by atoms with Crippen LogP contribution < -0.4 is 11.1 Å². The molecular weight excluding hydrogens is 228 g/mol. The van der Waals surface area contributed by atoms with Gasteiger partial charge in [0.2, 0.25) is 0 Å². The molecule has 0 spiro atoms. The summed E-state index contributed by atoms with van der Waals surface area (Å²) in [7, 11) is 0. The van der Waals surface area contributed by atoms with E-state index in [4.69, 9.17) is 5.73 Å². The second-order valence-corrected chi connectivity index (χ2v) is 5.80. The Bertz CT molecular complexity index is 361. The number of benzene rings is 1. The van der Waals surface area contributed by atoms with Crippen molar-refractivity contribution in [1.29, 1.82) is 0 Å². The zero-order chi connectivity index (χ0) is 12.8. The molecule has 96 valence electrons.